The first-order valence-corrected chi connectivity index (χ1v) is 9.57. The Kier molecular flexibility index (Phi) is 3.23. The van der Waals surface area contributed by atoms with Gasteiger partial charge in [0, 0.05) is 18.2 Å². The van der Waals surface area contributed by atoms with E-state index in [1.165, 1.54) is 23.8 Å². The molecule has 0 radical (unpaired) electrons. The number of fused-ring (bicyclic) bond motifs is 6. The number of aromatic nitrogens is 2. The average molecular weight is 355 g/mol. The van der Waals surface area contributed by atoms with E-state index < -0.39 is 0 Å². The third-order valence-corrected chi connectivity index (χ3v) is 6.92. The normalized spacial score (nSPS) is 32.0. The van der Waals surface area contributed by atoms with Crippen molar-refractivity contribution in [3.05, 3.63) is 38.9 Å². The number of hydrogen-bond donors (Lipinski definition) is 2. The quantitative estimate of drug-likeness (QED) is 0.832. The van der Waals surface area contributed by atoms with E-state index in [2.05, 4.69) is 10.3 Å². The van der Waals surface area contributed by atoms with Crippen molar-refractivity contribution in [2.75, 3.05) is 0 Å². The summed E-state index contributed by atoms with van der Waals surface area (Å²) in [6.07, 6.45) is 4.06. The van der Waals surface area contributed by atoms with Gasteiger partial charge in [0.1, 0.15) is 0 Å². The van der Waals surface area contributed by atoms with Crippen LogP contribution in [0.4, 0.5) is 0 Å². The fraction of sp³-hybridized carbons (Fsp3) is 0.526. The van der Waals surface area contributed by atoms with Crippen LogP contribution in [-0.2, 0) is 6.54 Å². The Balaban J connectivity index is 1.42. The third-order valence-electron chi connectivity index (χ3n) is 6.59. The van der Waals surface area contributed by atoms with Crippen LogP contribution in [0.25, 0.3) is 10.9 Å². The van der Waals surface area contributed by atoms with Crippen LogP contribution in [0.1, 0.15) is 36.5 Å². The minimum atomic E-state index is -0.110. The monoisotopic (exact) mass is 355 g/mol. The fourth-order valence-electron chi connectivity index (χ4n) is 5.44. The Labute approximate surface area is 150 Å². The summed E-state index contributed by atoms with van der Waals surface area (Å²) >= 11 is 5.25. The molecule has 0 spiro atoms. The molecule has 1 heterocycles. The molecule has 5 rings (SSSR count). The number of carbonyl (C=O) groups is 1. The molecule has 1 amide bonds. The molecule has 3 saturated carbocycles. The lowest BCUT2D eigenvalue weighted by molar-refractivity contribution is 0.0944. The van der Waals surface area contributed by atoms with Gasteiger partial charge in [0.15, 0.2) is 4.77 Å². The van der Waals surface area contributed by atoms with Gasteiger partial charge in [0.25, 0.3) is 11.5 Å². The number of aromatic amines is 1. The highest BCUT2D eigenvalue weighted by Crippen LogP contribution is 2.65. The molecule has 4 atom stereocenters. The van der Waals surface area contributed by atoms with E-state index in [-0.39, 0.29) is 11.5 Å². The van der Waals surface area contributed by atoms with Crippen LogP contribution in [-0.4, -0.2) is 21.5 Å². The molecule has 0 unspecified atom stereocenters. The van der Waals surface area contributed by atoms with Crippen molar-refractivity contribution >= 4 is 29.0 Å². The van der Waals surface area contributed by atoms with Gasteiger partial charge in [-0.1, -0.05) is 0 Å². The van der Waals surface area contributed by atoms with Crippen LogP contribution in [0.3, 0.4) is 0 Å². The predicted octanol–water partition coefficient (Wildman–Crippen LogP) is 2.85. The smallest absolute Gasteiger partial charge is 0.262 e. The molecule has 130 valence electrons. The first kappa shape index (κ1) is 15.3. The van der Waals surface area contributed by atoms with Gasteiger partial charge in [0.2, 0.25) is 0 Å². The van der Waals surface area contributed by atoms with Crippen LogP contribution in [0.2, 0.25) is 0 Å². The number of rotatable bonds is 3. The van der Waals surface area contributed by atoms with Gasteiger partial charge in [0.05, 0.1) is 10.9 Å². The maximum absolute atomic E-state index is 12.7. The van der Waals surface area contributed by atoms with Gasteiger partial charge in [-0.05, 0) is 80.3 Å². The first-order chi connectivity index (χ1) is 12.1. The Morgan fingerprint density at radius 2 is 2.04 bits per heavy atom. The van der Waals surface area contributed by atoms with Crippen molar-refractivity contribution in [2.24, 2.45) is 23.7 Å². The largest absolute Gasteiger partial charge is 0.349 e. The highest BCUT2D eigenvalue weighted by molar-refractivity contribution is 7.71. The lowest BCUT2D eigenvalue weighted by Gasteiger charge is -2.11. The molecule has 1 aromatic heterocycles. The van der Waals surface area contributed by atoms with E-state index in [1.807, 2.05) is 6.92 Å². The van der Waals surface area contributed by atoms with Gasteiger partial charge in [-0.25, -0.2) is 0 Å². The second-order valence-electron chi connectivity index (χ2n) is 7.73. The number of amides is 1. The maximum atomic E-state index is 12.7. The Bertz CT molecular complexity index is 992. The summed E-state index contributed by atoms with van der Waals surface area (Å²) in [7, 11) is 0. The minimum Gasteiger partial charge on any atom is -0.349 e. The Hall–Kier alpha value is -1.95. The molecule has 3 aliphatic carbocycles. The molecular formula is C19H21N3O2S. The van der Waals surface area contributed by atoms with Crippen LogP contribution in [0.5, 0.6) is 0 Å². The molecule has 0 saturated heterocycles. The van der Waals surface area contributed by atoms with Crippen LogP contribution in [0, 0.1) is 28.4 Å². The van der Waals surface area contributed by atoms with Crippen molar-refractivity contribution in [1.29, 1.82) is 0 Å². The summed E-state index contributed by atoms with van der Waals surface area (Å²) in [4.78, 5) is 28.2. The molecule has 25 heavy (non-hydrogen) atoms. The zero-order valence-electron chi connectivity index (χ0n) is 14.1. The zero-order valence-corrected chi connectivity index (χ0v) is 14.9. The SMILES string of the molecule is CCn1c(=S)[nH]c2cc(C(=O)NC3[C@@H]4[C@H]5CC[C@@H](C5)[C@@H]34)ccc2c1=O. The average Bonchev–Trinajstić information content (AvgIpc) is 2.98. The molecule has 5 nitrogen and oxygen atoms in total. The molecule has 3 fully saturated rings. The number of nitrogens with zero attached hydrogens (tertiary/aromatic N) is 1. The fourth-order valence-corrected chi connectivity index (χ4v) is 5.76. The second kappa shape index (κ2) is 5.27. The number of carbonyl (C=O) groups excluding carboxylic acids is 1. The number of hydrogen-bond acceptors (Lipinski definition) is 3. The van der Waals surface area contributed by atoms with Crippen molar-refractivity contribution in [2.45, 2.75) is 38.8 Å². The summed E-state index contributed by atoms with van der Waals surface area (Å²) in [5.74, 6) is 3.05. The van der Waals surface area contributed by atoms with Gasteiger partial charge in [-0.2, -0.15) is 0 Å². The Morgan fingerprint density at radius 1 is 1.32 bits per heavy atom. The van der Waals surface area contributed by atoms with Gasteiger partial charge in [-0.3, -0.25) is 14.2 Å². The zero-order chi connectivity index (χ0) is 17.3. The number of H-pyrrole nitrogens is 1. The molecule has 2 bridgehead atoms. The van der Waals surface area contributed by atoms with E-state index >= 15 is 0 Å². The van der Waals surface area contributed by atoms with Crippen LogP contribution in [0.15, 0.2) is 23.0 Å². The van der Waals surface area contributed by atoms with E-state index in [0.29, 0.717) is 45.7 Å². The molecule has 2 aromatic rings. The molecule has 3 aliphatic rings. The van der Waals surface area contributed by atoms with Crippen molar-refractivity contribution in [1.82, 2.24) is 14.9 Å². The number of benzene rings is 1. The van der Waals surface area contributed by atoms with Gasteiger partial charge >= 0.3 is 0 Å². The lowest BCUT2D eigenvalue weighted by Crippen LogP contribution is -2.30. The highest BCUT2D eigenvalue weighted by atomic mass is 32.1. The third kappa shape index (κ3) is 2.16. The highest BCUT2D eigenvalue weighted by Gasteiger charge is 2.65. The van der Waals surface area contributed by atoms with Gasteiger partial charge in [-0.15, -0.1) is 0 Å². The lowest BCUT2D eigenvalue weighted by atomic mass is 10.0. The minimum absolute atomic E-state index is 0.0420. The Morgan fingerprint density at radius 3 is 2.72 bits per heavy atom. The maximum Gasteiger partial charge on any atom is 0.262 e. The van der Waals surface area contributed by atoms with Crippen molar-refractivity contribution in [3.63, 3.8) is 0 Å². The van der Waals surface area contributed by atoms with E-state index in [0.717, 1.165) is 11.8 Å². The van der Waals surface area contributed by atoms with E-state index in [1.54, 1.807) is 18.2 Å². The number of nitrogens with one attached hydrogen (secondary N) is 2. The topological polar surface area (TPSA) is 66.9 Å². The molecule has 1 aromatic carbocycles. The van der Waals surface area contributed by atoms with Crippen LogP contribution >= 0.6 is 12.2 Å². The second-order valence-corrected chi connectivity index (χ2v) is 8.11. The van der Waals surface area contributed by atoms with Gasteiger partial charge < -0.3 is 10.3 Å². The summed E-state index contributed by atoms with van der Waals surface area (Å²) in [5, 5.41) is 3.79. The summed E-state index contributed by atoms with van der Waals surface area (Å²) in [5.41, 5.74) is 1.11. The standard InChI is InChI=1S/C19H21N3O2S/c1-2-22-18(24)12-6-5-11(8-13(12)20-19(22)25)17(23)21-16-14-9-3-4-10(7-9)15(14)16/h5-6,8-10,14-16H,2-4,7H2,1H3,(H,20,25)(H,21,23)/t9-,10-,14+,15+/m0/s1. The summed E-state index contributed by atoms with van der Waals surface area (Å²) < 4.78 is 1.92. The molecular weight excluding hydrogens is 334 g/mol. The van der Waals surface area contributed by atoms with Crippen molar-refractivity contribution in [3.8, 4) is 0 Å². The first-order valence-electron chi connectivity index (χ1n) is 9.16. The predicted molar refractivity (Wildman–Crippen MR) is 98.1 cm³/mol. The molecule has 2 N–H and O–H groups in total. The van der Waals surface area contributed by atoms with Crippen LogP contribution < -0.4 is 10.9 Å². The molecule has 6 heteroatoms. The van der Waals surface area contributed by atoms with Crippen molar-refractivity contribution < 1.29 is 4.79 Å². The van der Waals surface area contributed by atoms with E-state index in [4.69, 9.17) is 12.2 Å². The van der Waals surface area contributed by atoms with E-state index in [9.17, 15) is 9.59 Å². The molecule has 0 aliphatic heterocycles. The summed E-state index contributed by atoms with van der Waals surface area (Å²) in [6.45, 7) is 2.41. The summed E-state index contributed by atoms with van der Waals surface area (Å²) in [6, 6.07) is 5.57.